The summed E-state index contributed by atoms with van der Waals surface area (Å²) in [4.78, 5) is 21.0. The molecule has 8 heteroatoms. The van der Waals surface area contributed by atoms with Gasteiger partial charge >= 0.3 is 5.97 Å². The van der Waals surface area contributed by atoms with E-state index in [-0.39, 0.29) is 18.2 Å². The van der Waals surface area contributed by atoms with E-state index >= 15 is 0 Å². The molecule has 1 aromatic carbocycles. The Bertz CT molecular complexity index is 578. The number of carbonyl (C=O) groups is 1. The Morgan fingerprint density at radius 1 is 1.48 bits per heavy atom. The molecule has 0 aromatic heterocycles. The van der Waals surface area contributed by atoms with Crippen LogP contribution in [-0.4, -0.2) is 33.8 Å². The predicted octanol–water partition coefficient (Wildman–Crippen LogP) is 2.00. The molecule has 0 amide bonds. The number of nitro benzene ring substituents is 1. The molecule has 2 rings (SSSR count). The van der Waals surface area contributed by atoms with Gasteiger partial charge < -0.3 is 15.5 Å². The second-order valence-corrected chi connectivity index (χ2v) is 5.05. The van der Waals surface area contributed by atoms with Gasteiger partial charge in [-0.05, 0) is 18.9 Å². The summed E-state index contributed by atoms with van der Waals surface area (Å²) in [6.07, 6.45) is 1.86. The highest BCUT2D eigenvalue weighted by Crippen LogP contribution is 2.30. The number of aliphatic hydroxyl groups excluding tert-OH is 1. The summed E-state index contributed by atoms with van der Waals surface area (Å²) >= 11 is 0. The van der Waals surface area contributed by atoms with Crippen LogP contribution in [0.25, 0.3) is 0 Å². The molecule has 0 aliphatic heterocycles. The van der Waals surface area contributed by atoms with E-state index in [4.69, 9.17) is 5.11 Å². The van der Waals surface area contributed by atoms with Gasteiger partial charge in [-0.15, -0.1) is 0 Å². The van der Waals surface area contributed by atoms with Crippen molar-refractivity contribution in [2.24, 2.45) is 5.92 Å². The van der Waals surface area contributed by atoms with Crippen LogP contribution >= 0.6 is 0 Å². The van der Waals surface area contributed by atoms with Crippen LogP contribution in [0.4, 0.5) is 15.8 Å². The molecule has 0 heterocycles. The summed E-state index contributed by atoms with van der Waals surface area (Å²) in [5.74, 6) is -2.70. The maximum Gasteiger partial charge on any atom is 0.338 e. The molecule has 1 aliphatic rings. The molecule has 1 fully saturated rings. The van der Waals surface area contributed by atoms with Crippen LogP contribution in [0.1, 0.15) is 29.6 Å². The van der Waals surface area contributed by atoms with E-state index in [1.54, 1.807) is 0 Å². The van der Waals surface area contributed by atoms with Gasteiger partial charge in [0.05, 0.1) is 22.7 Å². The van der Waals surface area contributed by atoms with Crippen LogP contribution in [0.3, 0.4) is 0 Å². The summed E-state index contributed by atoms with van der Waals surface area (Å²) in [5, 5.41) is 32.2. The summed E-state index contributed by atoms with van der Waals surface area (Å²) < 4.78 is 13.5. The van der Waals surface area contributed by atoms with Crippen molar-refractivity contribution in [3.63, 3.8) is 0 Å². The molecule has 1 aliphatic carbocycles. The number of carboxylic acid groups (broad SMARTS) is 1. The number of aromatic carboxylic acids is 1. The van der Waals surface area contributed by atoms with Crippen LogP contribution in [-0.2, 0) is 0 Å². The molecule has 3 N–H and O–H groups in total. The lowest BCUT2D eigenvalue weighted by Crippen LogP contribution is -2.22. The van der Waals surface area contributed by atoms with Crippen molar-refractivity contribution in [3.8, 4) is 0 Å². The Hall–Kier alpha value is -2.22. The number of rotatable bonds is 5. The molecule has 0 spiro atoms. The van der Waals surface area contributed by atoms with Gasteiger partial charge in [-0.3, -0.25) is 10.1 Å². The fraction of sp³-hybridized carbons (Fsp3) is 0.462. The van der Waals surface area contributed by atoms with E-state index in [9.17, 15) is 24.4 Å². The van der Waals surface area contributed by atoms with E-state index in [1.165, 1.54) is 0 Å². The molecule has 0 bridgehead atoms. The number of nitrogens with zero attached hydrogens (tertiary/aromatic N) is 1. The lowest BCUT2D eigenvalue weighted by atomic mass is 10.1. The minimum absolute atomic E-state index is 0.0528. The first kappa shape index (κ1) is 15.2. The fourth-order valence-corrected chi connectivity index (χ4v) is 2.52. The average Bonchev–Trinajstić information content (AvgIpc) is 2.82. The van der Waals surface area contributed by atoms with Crippen LogP contribution in [0.2, 0.25) is 0 Å². The summed E-state index contributed by atoms with van der Waals surface area (Å²) in [7, 11) is 0. The highest BCUT2D eigenvalue weighted by atomic mass is 19.1. The molecular weight excluding hydrogens is 283 g/mol. The number of anilines is 1. The lowest BCUT2D eigenvalue weighted by molar-refractivity contribution is -0.384. The van der Waals surface area contributed by atoms with Crippen molar-refractivity contribution in [2.45, 2.75) is 25.4 Å². The SMILES string of the molecule is O=C(O)c1cc(NCC2CCCC2O)c([N+](=O)[O-])cc1F. The highest BCUT2D eigenvalue weighted by molar-refractivity contribution is 5.90. The summed E-state index contributed by atoms with van der Waals surface area (Å²) in [6.45, 7) is 0.271. The van der Waals surface area contributed by atoms with Crippen LogP contribution < -0.4 is 5.32 Å². The maximum absolute atomic E-state index is 13.5. The standard InChI is InChI=1S/C13H15FN2O5/c14-9-5-11(16(20)21)10(4-8(9)13(18)19)15-6-7-2-1-3-12(7)17/h4-5,7,12,15,17H,1-3,6H2,(H,18,19). The van der Waals surface area contributed by atoms with Gasteiger partial charge in [0.15, 0.2) is 0 Å². The minimum atomic E-state index is -1.49. The fourth-order valence-electron chi connectivity index (χ4n) is 2.52. The second-order valence-electron chi connectivity index (χ2n) is 5.05. The predicted molar refractivity (Wildman–Crippen MR) is 71.9 cm³/mol. The number of aliphatic hydroxyl groups is 1. The van der Waals surface area contributed by atoms with Crippen LogP contribution in [0.15, 0.2) is 12.1 Å². The monoisotopic (exact) mass is 298 g/mol. The molecule has 21 heavy (non-hydrogen) atoms. The first-order chi connectivity index (χ1) is 9.90. The van der Waals surface area contributed by atoms with Gasteiger partial charge in [0, 0.05) is 12.5 Å². The van der Waals surface area contributed by atoms with Crippen molar-refractivity contribution in [1.82, 2.24) is 0 Å². The molecule has 2 atom stereocenters. The van der Waals surface area contributed by atoms with Crippen LogP contribution in [0, 0.1) is 21.8 Å². The zero-order valence-electron chi connectivity index (χ0n) is 11.1. The number of hydrogen-bond acceptors (Lipinski definition) is 5. The van der Waals surface area contributed by atoms with Crippen molar-refractivity contribution < 1.29 is 24.3 Å². The lowest BCUT2D eigenvalue weighted by Gasteiger charge is -2.16. The first-order valence-electron chi connectivity index (χ1n) is 6.53. The summed E-state index contributed by atoms with van der Waals surface area (Å²) in [6, 6.07) is 1.51. The Morgan fingerprint density at radius 2 is 2.19 bits per heavy atom. The molecule has 0 radical (unpaired) electrons. The molecule has 7 nitrogen and oxygen atoms in total. The van der Waals surface area contributed by atoms with Gasteiger partial charge in [-0.25, -0.2) is 9.18 Å². The van der Waals surface area contributed by atoms with Gasteiger partial charge in [-0.1, -0.05) is 6.42 Å². The Kier molecular flexibility index (Phi) is 4.37. The summed E-state index contributed by atoms with van der Waals surface area (Å²) in [5.41, 5.74) is -1.21. The van der Waals surface area contributed by atoms with Gasteiger partial charge in [-0.2, -0.15) is 0 Å². The van der Waals surface area contributed by atoms with E-state index in [1.807, 2.05) is 0 Å². The highest BCUT2D eigenvalue weighted by Gasteiger charge is 2.27. The quantitative estimate of drug-likeness (QED) is 0.566. The van der Waals surface area contributed by atoms with Crippen molar-refractivity contribution >= 4 is 17.3 Å². The van der Waals surface area contributed by atoms with Crippen molar-refractivity contribution in [1.29, 1.82) is 0 Å². The van der Waals surface area contributed by atoms with E-state index < -0.39 is 34.1 Å². The molecule has 0 saturated heterocycles. The minimum Gasteiger partial charge on any atom is -0.478 e. The van der Waals surface area contributed by atoms with Gasteiger partial charge in [0.25, 0.3) is 5.69 Å². The Balaban J connectivity index is 2.25. The Morgan fingerprint density at radius 3 is 2.71 bits per heavy atom. The third kappa shape index (κ3) is 3.27. The second kappa shape index (κ2) is 6.04. The normalized spacial score (nSPS) is 21.2. The number of nitrogens with one attached hydrogen (secondary N) is 1. The maximum atomic E-state index is 13.5. The number of halogens is 1. The molecular formula is C13H15FN2O5. The third-order valence-electron chi connectivity index (χ3n) is 3.69. The number of hydrogen-bond donors (Lipinski definition) is 3. The molecule has 2 unspecified atom stereocenters. The van der Waals surface area contributed by atoms with Gasteiger partial charge in [0.2, 0.25) is 0 Å². The Labute approximate surface area is 119 Å². The molecule has 114 valence electrons. The topological polar surface area (TPSA) is 113 Å². The first-order valence-corrected chi connectivity index (χ1v) is 6.53. The third-order valence-corrected chi connectivity index (χ3v) is 3.69. The number of benzene rings is 1. The number of carboxylic acids is 1. The van der Waals surface area contributed by atoms with Crippen LogP contribution in [0.5, 0.6) is 0 Å². The van der Waals surface area contributed by atoms with Crippen molar-refractivity contribution in [2.75, 3.05) is 11.9 Å². The average molecular weight is 298 g/mol. The van der Waals surface area contributed by atoms with Gasteiger partial charge in [0.1, 0.15) is 11.5 Å². The smallest absolute Gasteiger partial charge is 0.338 e. The molecule has 1 saturated carbocycles. The molecule has 1 aromatic rings. The van der Waals surface area contributed by atoms with E-state index in [0.29, 0.717) is 12.5 Å². The largest absolute Gasteiger partial charge is 0.478 e. The van der Waals surface area contributed by atoms with Crippen molar-refractivity contribution in [3.05, 3.63) is 33.6 Å². The zero-order valence-corrected chi connectivity index (χ0v) is 11.1. The zero-order chi connectivity index (χ0) is 15.6. The van der Waals surface area contributed by atoms with E-state index in [0.717, 1.165) is 18.9 Å². The van der Waals surface area contributed by atoms with E-state index in [2.05, 4.69) is 5.32 Å². The number of nitro groups is 1.